The van der Waals surface area contributed by atoms with E-state index in [2.05, 4.69) is 0 Å². The van der Waals surface area contributed by atoms with E-state index >= 15 is 0 Å². The third-order valence-corrected chi connectivity index (χ3v) is 1.45. The van der Waals surface area contributed by atoms with Gasteiger partial charge in [0.15, 0.2) is 0 Å². The molecule has 2 N–H and O–H groups in total. The van der Waals surface area contributed by atoms with Gasteiger partial charge >= 0.3 is 0 Å². The van der Waals surface area contributed by atoms with Crippen LogP contribution in [0.4, 0.5) is 0 Å². The molecule has 5 nitrogen and oxygen atoms in total. The largest absolute Gasteiger partial charge is 0.368 e. The molecule has 13 heavy (non-hydrogen) atoms. The lowest BCUT2D eigenvalue weighted by molar-refractivity contribution is -0.118. The molecule has 1 aromatic rings. The van der Waals surface area contributed by atoms with Crippen molar-refractivity contribution >= 4 is 5.91 Å². The fraction of sp³-hybridized carbons (Fsp3) is 0.125. The average molecular weight is 177 g/mol. The minimum atomic E-state index is -0.591. The highest BCUT2D eigenvalue weighted by Crippen LogP contribution is 1.90. The van der Waals surface area contributed by atoms with Crippen molar-refractivity contribution in [1.82, 2.24) is 4.57 Å². The van der Waals surface area contributed by atoms with E-state index in [1.165, 1.54) is 12.3 Å². The van der Waals surface area contributed by atoms with Crippen molar-refractivity contribution < 1.29 is 4.79 Å². The Hall–Kier alpha value is -2.09. The number of pyridine rings is 1. The van der Waals surface area contributed by atoms with Gasteiger partial charge in [-0.25, -0.2) is 0 Å². The summed E-state index contributed by atoms with van der Waals surface area (Å²) >= 11 is 0. The van der Waals surface area contributed by atoms with Gasteiger partial charge < -0.3 is 10.3 Å². The van der Waals surface area contributed by atoms with Crippen molar-refractivity contribution in [1.29, 1.82) is 5.26 Å². The van der Waals surface area contributed by atoms with Gasteiger partial charge in [0.2, 0.25) is 5.91 Å². The molecule has 0 fully saturated rings. The van der Waals surface area contributed by atoms with Crippen LogP contribution in [0.3, 0.4) is 0 Å². The quantitative estimate of drug-likeness (QED) is 0.641. The molecule has 0 aliphatic carbocycles. The second kappa shape index (κ2) is 3.54. The number of hydrogen-bond donors (Lipinski definition) is 1. The predicted molar refractivity (Wildman–Crippen MR) is 44.6 cm³/mol. The number of primary amides is 1. The third-order valence-electron chi connectivity index (χ3n) is 1.45. The van der Waals surface area contributed by atoms with Gasteiger partial charge in [-0.15, -0.1) is 0 Å². The van der Waals surface area contributed by atoms with E-state index in [9.17, 15) is 9.59 Å². The molecule has 0 aliphatic heterocycles. The second-order valence-electron chi connectivity index (χ2n) is 2.46. The van der Waals surface area contributed by atoms with Crippen LogP contribution in [-0.4, -0.2) is 10.5 Å². The Kier molecular flexibility index (Phi) is 2.45. The molecule has 0 atom stereocenters. The lowest BCUT2D eigenvalue weighted by atomic mass is 10.3. The van der Waals surface area contributed by atoms with E-state index in [-0.39, 0.29) is 12.1 Å². The molecule has 0 radical (unpaired) electrons. The minimum absolute atomic E-state index is 0.162. The number of hydrogen-bond acceptors (Lipinski definition) is 3. The van der Waals surface area contributed by atoms with E-state index in [1.54, 1.807) is 0 Å². The highest BCUT2D eigenvalue weighted by molar-refractivity contribution is 5.73. The summed E-state index contributed by atoms with van der Waals surface area (Å²) in [5.41, 5.74) is 4.76. The van der Waals surface area contributed by atoms with Crippen LogP contribution < -0.4 is 11.3 Å². The molecule has 1 aromatic heterocycles. The summed E-state index contributed by atoms with van der Waals surface area (Å²) in [5, 5.41) is 8.45. The first-order valence-corrected chi connectivity index (χ1v) is 3.52. The van der Waals surface area contributed by atoms with Gasteiger partial charge in [0.1, 0.15) is 6.54 Å². The molecular weight excluding hydrogens is 170 g/mol. The van der Waals surface area contributed by atoms with Crippen molar-refractivity contribution in [2.75, 3.05) is 0 Å². The first-order valence-electron chi connectivity index (χ1n) is 3.52. The highest BCUT2D eigenvalue weighted by Gasteiger charge is 2.00. The lowest BCUT2D eigenvalue weighted by Gasteiger charge is -2.00. The van der Waals surface area contributed by atoms with Crippen molar-refractivity contribution in [3.8, 4) is 6.07 Å². The first kappa shape index (κ1) is 9.00. The van der Waals surface area contributed by atoms with Crippen molar-refractivity contribution in [3.63, 3.8) is 0 Å². The SMILES string of the molecule is N#Cc1ccn(CC(N)=O)c(=O)c1. The zero-order valence-corrected chi connectivity index (χ0v) is 6.73. The Balaban J connectivity index is 3.08. The molecule has 0 aliphatic rings. The van der Waals surface area contributed by atoms with Crippen molar-refractivity contribution in [2.45, 2.75) is 6.54 Å². The number of carbonyl (C=O) groups is 1. The van der Waals surface area contributed by atoms with E-state index in [1.807, 2.05) is 6.07 Å². The van der Waals surface area contributed by atoms with E-state index < -0.39 is 11.5 Å². The van der Waals surface area contributed by atoms with Crippen molar-refractivity contribution in [2.24, 2.45) is 5.73 Å². The highest BCUT2D eigenvalue weighted by atomic mass is 16.2. The number of nitrogens with zero attached hydrogens (tertiary/aromatic N) is 2. The third kappa shape index (κ3) is 2.17. The van der Waals surface area contributed by atoms with Gasteiger partial charge in [0.05, 0.1) is 11.6 Å². The maximum atomic E-state index is 11.1. The molecular formula is C8H7N3O2. The van der Waals surface area contributed by atoms with Gasteiger partial charge in [0, 0.05) is 12.3 Å². The number of nitrogens with two attached hydrogens (primary N) is 1. The summed E-state index contributed by atoms with van der Waals surface area (Å²) in [6.45, 7) is -0.162. The second-order valence-corrected chi connectivity index (χ2v) is 2.46. The van der Waals surface area contributed by atoms with Crippen LogP contribution in [0.5, 0.6) is 0 Å². The van der Waals surface area contributed by atoms with Crippen LogP contribution in [0.1, 0.15) is 5.56 Å². The standard InChI is InChI=1S/C8H7N3O2/c9-4-6-1-2-11(5-7(10)12)8(13)3-6/h1-3H,5H2,(H2,10,12). The normalized spacial score (nSPS) is 9.15. The van der Waals surface area contributed by atoms with E-state index in [0.717, 1.165) is 10.6 Å². The Morgan fingerprint density at radius 1 is 1.69 bits per heavy atom. The fourth-order valence-corrected chi connectivity index (χ4v) is 0.876. The molecule has 0 spiro atoms. The van der Waals surface area contributed by atoms with Crippen LogP contribution in [0, 0.1) is 11.3 Å². The van der Waals surface area contributed by atoms with Gasteiger partial charge in [-0.3, -0.25) is 9.59 Å². The first-order chi connectivity index (χ1) is 6.13. The minimum Gasteiger partial charge on any atom is -0.368 e. The zero-order valence-electron chi connectivity index (χ0n) is 6.73. The molecule has 5 heteroatoms. The molecule has 0 unspecified atom stereocenters. The zero-order chi connectivity index (χ0) is 9.84. The molecule has 0 saturated heterocycles. The summed E-state index contributed by atoms with van der Waals surface area (Å²) in [7, 11) is 0. The fourth-order valence-electron chi connectivity index (χ4n) is 0.876. The summed E-state index contributed by atoms with van der Waals surface area (Å²) in [6.07, 6.45) is 1.37. The maximum Gasteiger partial charge on any atom is 0.252 e. The molecule has 1 heterocycles. The van der Waals surface area contributed by atoms with Crippen LogP contribution in [0.2, 0.25) is 0 Å². The van der Waals surface area contributed by atoms with Crippen LogP contribution >= 0.6 is 0 Å². The Morgan fingerprint density at radius 3 is 2.85 bits per heavy atom. The van der Waals surface area contributed by atoms with Crippen LogP contribution in [-0.2, 0) is 11.3 Å². The predicted octanol–water partition coefficient (Wildman–Crippen LogP) is -0.795. The van der Waals surface area contributed by atoms with Gasteiger partial charge in [-0.2, -0.15) is 5.26 Å². The summed E-state index contributed by atoms with van der Waals surface area (Å²) in [4.78, 5) is 21.6. The molecule has 66 valence electrons. The Bertz CT molecular complexity index is 428. The summed E-state index contributed by atoms with van der Waals surface area (Å²) < 4.78 is 1.14. The Labute approximate surface area is 74.0 Å². The molecule has 0 aromatic carbocycles. The number of nitriles is 1. The van der Waals surface area contributed by atoms with Gasteiger partial charge in [0.25, 0.3) is 5.56 Å². The number of aromatic nitrogens is 1. The smallest absolute Gasteiger partial charge is 0.252 e. The lowest BCUT2D eigenvalue weighted by Crippen LogP contribution is -2.27. The monoisotopic (exact) mass is 177 g/mol. The number of amides is 1. The molecule has 0 saturated carbocycles. The van der Waals surface area contributed by atoms with Crippen LogP contribution in [0.15, 0.2) is 23.1 Å². The van der Waals surface area contributed by atoms with E-state index in [0.29, 0.717) is 0 Å². The summed E-state index contributed by atoms with van der Waals surface area (Å²) in [5.74, 6) is -0.591. The summed E-state index contributed by atoms with van der Waals surface area (Å²) in [6, 6.07) is 4.42. The van der Waals surface area contributed by atoms with Crippen LogP contribution in [0.25, 0.3) is 0 Å². The molecule has 1 amide bonds. The molecule has 1 rings (SSSR count). The topological polar surface area (TPSA) is 88.9 Å². The van der Waals surface area contributed by atoms with Crippen molar-refractivity contribution in [3.05, 3.63) is 34.2 Å². The number of rotatable bonds is 2. The molecule has 0 bridgehead atoms. The van der Waals surface area contributed by atoms with E-state index in [4.69, 9.17) is 11.0 Å². The maximum absolute atomic E-state index is 11.1. The average Bonchev–Trinajstić information content (AvgIpc) is 2.08. The van der Waals surface area contributed by atoms with Gasteiger partial charge in [-0.05, 0) is 6.07 Å². The number of carbonyl (C=O) groups excluding carboxylic acids is 1. The Morgan fingerprint density at radius 2 is 2.38 bits per heavy atom. The van der Waals surface area contributed by atoms with Gasteiger partial charge in [-0.1, -0.05) is 0 Å².